The van der Waals surface area contributed by atoms with Gasteiger partial charge in [-0.1, -0.05) is 17.3 Å². The monoisotopic (exact) mass is 639 g/mol. The fraction of sp³-hybridized carbons (Fsp3) is 0.320. The lowest BCUT2D eigenvalue weighted by Gasteiger charge is -2.12. The fourth-order valence-corrected chi connectivity index (χ4v) is 6.84. The molecular weight excluding hydrogens is 614 g/mol. The molecule has 2 aromatic carbocycles. The average Bonchev–Trinajstić information content (AvgIpc) is 3.57. The van der Waals surface area contributed by atoms with Gasteiger partial charge in [0.1, 0.15) is 43.6 Å². The molecule has 0 aliphatic heterocycles. The van der Waals surface area contributed by atoms with Crippen LogP contribution in [0.5, 0.6) is 11.5 Å². The molecule has 17 heteroatoms. The Kier molecular flexibility index (Phi) is 10.3. The number of hydrogen-bond donors (Lipinski definition) is 2. The lowest BCUT2D eigenvalue weighted by molar-refractivity contribution is -0.143. The molecule has 0 amide bonds. The molecule has 0 bridgehead atoms. The van der Waals surface area contributed by atoms with E-state index in [2.05, 4.69) is 15.3 Å². The predicted octanol–water partition coefficient (Wildman–Crippen LogP) is 2.07. The van der Waals surface area contributed by atoms with Crippen molar-refractivity contribution in [3.63, 3.8) is 0 Å². The SMILES string of the molecule is NS(=O)(=O)c1nc2cc(OCc3cn(CC(=O)C[C@@H](CS(=O)Cc4cccc(OCCF)c4)C(=O)O)nn3)ccc2s1. The lowest BCUT2D eigenvalue weighted by Crippen LogP contribution is -2.26. The van der Waals surface area contributed by atoms with Gasteiger partial charge < -0.3 is 14.6 Å². The highest BCUT2D eigenvalue weighted by atomic mass is 32.2. The summed E-state index contributed by atoms with van der Waals surface area (Å²) >= 11 is 0.942. The maximum Gasteiger partial charge on any atom is 0.307 e. The molecule has 13 nitrogen and oxygen atoms in total. The Morgan fingerprint density at radius 3 is 2.69 bits per heavy atom. The van der Waals surface area contributed by atoms with E-state index in [9.17, 15) is 31.7 Å². The van der Waals surface area contributed by atoms with E-state index in [1.165, 1.54) is 10.9 Å². The molecule has 0 aliphatic rings. The number of ketones is 1. The summed E-state index contributed by atoms with van der Waals surface area (Å²) in [7, 11) is -5.50. The Balaban J connectivity index is 1.28. The number of primary sulfonamides is 1. The molecule has 0 aliphatic carbocycles. The van der Waals surface area contributed by atoms with Crippen LogP contribution in [0.15, 0.2) is 53.0 Å². The second kappa shape index (κ2) is 13.9. The number of Topliss-reactive ketones (excluding diaryl/α,β-unsaturated/α-hetero) is 1. The van der Waals surface area contributed by atoms with Gasteiger partial charge in [0.05, 0.1) is 22.3 Å². The second-order valence-electron chi connectivity index (χ2n) is 9.06. The van der Waals surface area contributed by atoms with E-state index in [1.807, 2.05) is 0 Å². The third-order valence-corrected chi connectivity index (χ3v) is 9.46. The summed E-state index contributed by atoms with van der Waals surface area (Å²) < 4.78 is 60.6. The number of thiazole rings is 1. The van der Waals surface area contributed by atoms with Crippen molar-refractivity contribution in [1.29, 1.82) is 0 Å². The van der Waals surface area contributed by atoms with Crippen LogP contribution in [0.25, 0.3) is 10.2 Å². The smallest absolute Gasteiger partial charge is 0.307 e. The van der Waals surface area contributed by atoms with Gasteiger partial charge in [-0.15, -0.1) is 16.4 Å². The van der Waals surface area contributed by atoms with Crippen LogP contribution >= 0.6 is 11.3 Å². The minimum Gasteiger partial charge on any atom is -0.491 e. The van der Waals surface area contributed by atoms with E-state index in [4.69, 9.17) is 14.6 Å². The maximum absolute atomic E-state index is 12.7. The number of fused-ring (bicyclic) bond motifs is 1. The summed E-state index contributed by atoms with van der Waals surface area (Å²) in [5.41, 5.74) is 1.43. The maximum atomic E-state index is 12.7. The van der Waals surface area contributed by atoms with Gasteiger partial charge in [-0.05, 0) is 29.8 Å². The van der Waals surface area contributed by atoms with Crippen LogP contribution in [-0.2, 0) is 49.3 Å². The zero-order chi connectivity index (χ0) is 30.3. The molecule has 3 N–H and O–H groups in total. The first-order valence-electron chi connectivity index (χ1n) is 12.3. The van der Waals surface area contributed by atoms with Crippen molar-refractivity contribution in [2.75, 3.05) is 19.0 Å². The molecule has 1 unspecified atom stereocenters. The lowest BCUT2D eigenvalue weighted by atomic mass is 10.1. The number of alkyl halides is 1. The zero-order valence-corrected chi connectivity index (χ0v) is 24.4. The number of sulfonamides is 1. The first-order chi connectivity index (χ1) is 20.0. The number of halogens is 1. The molecule has 0 saturated carbocycles. The van der Waals surface area contributed by atoms with E-state index in [0.29, 0.717) is 33.0 Å². The second-order valence-corrected chi connectivity index (χ2v) is 13.3. The number of nitrogens with zero attached hydrogens (tertiary/aromatic N) is 4. The summed E-state index contributed by atoms with van der Waals surface area (Å²) in [5.74, 6) is -2.18. The third kappa shape index (κ3) is 8.85. The van der Waals surface area contributed by atoms with Gasteiger partial charge in [0.25, 0.3) is 10.0 Å². The van der Waals surface area contributed by atoms with Gasteiger partial charge >= 0.3 is 5.97 Å². The van der Waals surface area contributed by atoms with E-state index in [1.54, 1.807) is 42.5 Å². The van der Waals surface area contributed by atoms with Crippen LogP contribution in [0.3, 0.4) is 0 Å². The van der Waals surface area contributed by atoms with Crippen molar-refractivity contribution in [3.8, 4) is 11.5 Å². The Bertz CT molecular complexity index is 1710. The fourth-order valence-electron chi connectivity index (χ4n) is 3.83. The Labute approximate surface area is 246 Å². The first-order valence-corrected chi connectivity index (χ1v) is 16.2. The third-order valence-electron chi connectivity index (χ3n) is 5.68. The van der Waals surface area contributed by atoms with E-state index < -0.39 is 45.2 Å². The van der Waals surface area contributed by atoms with Crippen LogP contribution in [0, 0.1) is 5.92 Å². The molecule has 224 valence electrons. The molecule has 0 saturated heterocycles. The Morgan fingerprint density at radius 1 is 1.17 bits per heavy atom. The topological polar surface area (TPSA) is 194 Å². The number of carboxylic acids is 1. The van der Waals surface area contributed by atoms with Crippen molar-refractivity contribution in [2.45, 2.75) is 29.7 Å². The van der Waals surface area contributed by atoms with E-state index >= 15 is 0 Å². The molecule has 0 spiro atoms. The van der Waals surface area contributed by atoms with Gasteiger partial charge in [0.2, 0.25) is 4.34 Å². The molecule has 0 fully saturated rings. The van der Waals surface area contributed by atoms with Crippen molar-refractivity contribution in [1.82, 2.24) is 20.0 Å². The van der Waals surface area contributed by atoms with Crippen LogP contribution in [0.2, 0.25) is 0 Å². The Hall–Kier alpha value is -3.80. The number of benzene rings is 2. The number of carbonyl (C=O) groups is 2. The standard InChI is InChI=1S/C25H26FN5O8S3/c26-6-7-38-20-3-1-2-16(8-20)14-41(35)15-17(24(33)34)9-19(32)12-31-11-18(29-30-31)13-39-21-4-5-23-22(10-21)28-25(40-23)42(27,36)37/h1-5,8,10-11,17H,6-7,9,12-15H2,(H,33,34)(H2,27,36,37)/t17-,41?/m0/s1. The number of nitrogens with two attached hydrogens (primary N) is 1. The number of ether oxygens (including phenoxy) is 2. The van der Waals surface area contributed by atoms with Crippen LogP contribution in [0.4, 0.5) is 4.39 Å². The highest BCUT2D eigenvalue weighted by molar-refractivity contribution is 7.91. The Morgan fingerprint density at radius 2 is 1.95 bits per heavy atom. The van der Waals surface area contributed by atoms with Gasteiger partial charge in [-0.3, -0.25) is 13.8 Å². The van der Waals surface area contributed by atoms with Crippen molar-refractivity contribution >= 4 is 54.1 Å². The number of hydrogen-bond acceptors (Lipinski definition) is 11. The summed E-state index contributed by atoms with van der Waals surface area (Å²) in [6, 6.07) is 11.5. The minimum atomic E-state index is -3.92. The largest absolute Gasteiger partial charge is 0.491 e. The van der Waals surface area contributed by atoms with E-state index in [-0.39, 0.29) is 42.0 Å². The summed E-state index contributed by atoms with van der Waals surface area (Å²) in [6.45, 7) is -1.00. The van der Waals surface area contributed by atoms with Crippen LogP contribution in [-0.4, -0.2) is 68.5 Å². The molecule has 2 atom stereocenters. The van der Waals surface area contributed by atoms with Crippen molar-refractivity contribution in [2.24, 2.45) is 11.1 Å². The van der Waals surface area contributed by atoms with Gasteiger partial charge in [-0.25, -0.2) is 27.6 Å². The number of rotatable bonds is 16. The molecule has 42 heavy (non-hydrogen) atoms. The van der Waals surface area contributed by atoms with Gasteiger partial charge in [0.15, 0.2) is 5.78 Å². The van der Waals surface area contributed by atoms with Crippen molar-refractivity contribution < 1.29 is 41.2 Å². The van der Waals surface area contributed by atoms with Gasteiger partial charge in [-0.2, -0.15) is 0 Å². The average molecular weight is 640 g/mol. The summed E-state index contributed by atoms with van der Waals surface area (Å²) in [4.78, 5) is 28.4. The number of carbonyl (C=O) groups excluding carboxylic acids is 1. The summed E-state index contributed by atoms with van der Waals surface area (Å²) in [5, 5.41) is 22.6. The molecule has 2 aromatic heterocycles. The first kappa shape index (κ1) is 31.1. The highest BCUT2D eigenvalue weighted by Crippen LogP contribution is 2.28. The molecular formula is C25H26FN5O8S3. The normalized spacial score (nSPS) is 13.1. The number of aliphatic carboxylic acids is 1. The van der Waals surface area contributed by atoms with Gasteiger partial charge in [0, 0.05) is 34.8 Å². The highest BCUT2D eigenvalue weighted by Gasteiger charge is 2.24. The molecule has 0 radical (unpaired) electrons. The zero-order valence-electron chi connectivity index (χ0n) is 21.9. The van der Waals surface area contributed by atoms with Crippen LogP contribution in [0.1, 0.15) is 17.7 Å². The summed E-state index contributed by atoms with van der Waals surface area (Å²) in [6.07, 6.45) is 1.13. The number of aromatic nitrogens is 4. The quantitative estimate of drug-likeness (QED) is 0.182. The van der Waals surface area contributed by atoms with Crippen molar-refractivity contribution in [3.05, 3.63) is 59.9 Å². The molecule has 2 heterocycles. The number of carboxylic acid groups (broad SMARTS) is 1. The molecule has 4 rings (SSSR count). The predicted molar refractivity (Wildman–Crippen MR) is 151 cm³/mol. The van der Waals surface area contributed by atoms with Crippen LogP contribution < -0.4 is 14.6 Å². The van der Waals surface area contributed by atoms with E-state index in [0.717, 1.165) is 11.3 Å². The molecule has 4 aromatic rings. The minimum absolute atomic E-state index is 0.0113.